The molecule has 15 heavy (non-hydrogen) atoms. The van der Waals surface area contributed by atoms with Gasteiger partial charge in [0.05, 0.1) is 0 Å². The van der Waals surface area contributed by atoms with Crippen molar-refractivity contribution in [3.63, 3.8) is 0 Å². The first-order chi connectivity index (χ1) is 7.34. The van der Waals surface area contributed by atoms with E-state index in [1.165, 1.54) is 18.6 Å². The summed E-state index contributed by atoms with van der Waals surface area (Å²) in [5, 5.41) is 3.25. The van der Waals surface area contributed by atoms with Crippen LogP contribution in [0.25, 0.3) is 0 Å². The first kappa shape index (κ1) is 12.8. The summed E-state index contributed by atoms with van der Waals surface area (Å²) in [4.78, 5) is 13.7. The minimum atomic E-state index is 0.334. The zero-order valence-electron chi connectivity index (χ0n) is 9.63. The zero-order chi connectivity index (χ0) is 10.9. The smallest absolute Gasteiger partial charge is 0.223 e. The Hall–Kier alpha value is -0.220. The molecular formula is C11H22N2OS. The zero-order valence-corrected chi connectivity index (χ0v) is 10.4. The van der Waals surface area contributed by atoms with Crippen LogP contribution in [-0.2, 0) is 4.79 Å². The second kappa shape index (κ2) is 7.99. The molecule has 0 aromatic rings. The van der Waals surface area contributed by atoms with Gasteiger partial charge in [-0.15, -0.1) is 0 Å². The Labute approximate surface area is 97.0 Å². The lowest BCUT2D eigenvalue weighted by Gasteiger charge is -2.27. The van der Waals surface area contributed by atoms with Crippen LogP contribution >= 0.6 is 11.8 Å². The summed E-state index contributed by atoms with van der Waals surface area (Å²) in [6, 6.07) is 0. The van der Waals surface area contributed by atoms with Crippen LogP contribution in [0.3, 0.4) is 0 Å². The highest BCUT2D eigenvalue weighted by molar-refractivity contribution is 7.99. The van der Waals surface area contributed by atoms with Crippen molar-refractivity contribution in [2.45, 2.75) is 26.2 Å². The van der Waals surface area contributed by atoms with E-state index in [1.54, 1.807) is 0 Å². The van der Waals surface area contributed by atoms with Crippen LogP contribution in [0.5, 0.6) is 0 Å². The maximum atomic E-state index is 11.7. The summed E-state index contributed by atoms with van der Waals surface area (Å²) in [7, 11) is 0. The molecule has 1 N–H and O–H groups in total. The number of amides is 1. The third-order valence-corrected chi connectivity index (χ3v) is 3.64. The van der Waals surface area contributed by atoms with Gasteiger partial charge in [0, 0.05) is 38.4 Å². The van der Waals surface area contributed by atoms with Crippen molar-refractivity contribution in [1.29, 1.82) is 0 Å². The predicted octanol–water partition coefficient (Wildman–Crippen LogP) is 1.34. The number of thioether (sulfide) groups is 1. The van der Waals surface area contributed by atoms with Crippen molar-refractivity contribution in [2.75, 3.05) is 37.7 Å². The number of carbonyl (C=O) groups is 1. The molecule has 0 bridgehead atoms. The van der Waals surface area contributed by atoms with Crippen molar-refractivity contribution in [3.8, 4) is 0 Å². The van der Waals surface area contributed by atoms with Gasteiger partial charge in [-0.3, -0.25) is 4.79 Å². The molecule has 0 aromatic heterocycles. The van der Waals surface area contributed by atoms with Gasteiger partial charge in [0.1, 0.15) is 0 Å². The Bertz CT molecular complexity index is 181. The Morgan fingerprint density at radius 1 is 1.33 bits per heavy atom. The van der Waals surface area contributed by atoms with Gasteiger partial charge in [0.15, 0.2) is 0 Å². The molecule has 0 aromatic carbocycles. The van der Waals surface area contributed by atoms with Crippen molar-refractivity contribution in [3.05, 3.63) is 0 Å². The molecular weight excluding hydrogens is 208 g/mol. The molecule has 88 valence electrons. The number of nitrogens with zero attached hydrogens (tertiary/aromatic N) is 1. The third-order valence-electron chi connectivity index (χ3n) is 2.57. The quantitative estimate of drug-likeness (QED) is 0.699. The Morgan fingerprint density at radius 2 is 2.07 bits per heavy atom. The molecule has 1 aliphatic heterocycles. The molecule has 3 nitrogen and oxygen atoms in total. The molecule has 1 rings (SSSR count). The third kappa shape index (κ3) is 5.42. The van der Waals surface area contributed by atoms with Crippen molar-refractivity contribution < 1.29 is 4.79 Å². The molecule has 1 heterocycles. The Kier molecular flexibility index (Phi) is 6.85. The highest BCUT2D eigenvalue weighted by Crippen LogP contribution is 2.07. The van der Waals surface area contributed by atoms with Gasteiger partial charge in [-0.25, -0.2) is 0 Å². The fourth-order valence-corrected chi connectivity index (χ4v) is 2.60. The second-order valence-electron chi connectivity index (χ2n) is 3.85. The number of carbonyl (C=O) groups excluding carboxylic acids is 1. The average molecular weight is 230 g/mol. The van der Waals surface area contributed by atoms with E-state index in [-0.39, 0.29) is 0 Å². The van der Waals surface area contributed by atoms with E-state index < -0.39 is 0 Å². The lowest BCUT2D eigenvalue weighted by Crippen LogP contribution is -2.46. The van der Waals surface area contributed by atoms with Gasteiger partial charge in [-0.05, 0) is 12.2 Å². The maximum Gasteiger partial charge on any atom is 0.223 e. The summed E-state index contributed by atoms with van der Waals surface area (Å²) in [5.74, 6) is 2.52. The monoisotopic (exact) mass is 230 g/mol. The number of unbranched alkanes of at least 4 members (excludes halogenated alkanes) is 1. The van der Waals surface area contributed by atoms with E-state index in [0.717, 1.165) is 31.9 Å². The van der Waals surface area contributed by atoms with Crippen LogP contribution in [0.2, 0.25) is 0 Å². The Morgan fingerprint density at radius 3 is 2.73 bits per heavy atom. The van der Waals surface area contributed by atoms with Crippen LogP contribution in [0.4, 0.5) is 0 Å². The van der Waals surface area contributed by atoms with Crippen LogP contribution in [0.1, 0.15) is 26.2 Å². The van der Waals surface area contributed by atoms with Gasteiger partial charge in [-0.2, -0.15) is 11.8 Å². The summed E-state index contributed by atoms with van der Waals surface area (Å²) in [6.45, 7) is 5.88. The molecule has 0 spiro atoms. The number of nitrogens with one attached hydrogen (secondary N) is 1. The lowest BCUT2D eigenvalue weighted by atomic mass is 10.3. The van der Waals surface area contributed by atoms with E-state index in [4.69, 9.17) is 0 Å². The molecule has 0 saturated carbocycles. The van der Waals surface area contributed by atoms with Crippen LogP contribution in [0, 0.1) is 0 Å². The van der Waals surface area contributed by atoms with E-state index in [2.05, 4.69) is 12.2 Å². The lowest BCUT2D eigenvalue weighted by molar-refractivity contribution is -0.131. The summed E-state index contributed by atoms with van der Waals surface area (Å²) in [5.41, 5.74) is 0. The van der Waals surface area contributed by atoms with Gasteiger partial charge in [0.25, 0.3) is 0 Å². The predicted molar refractivity (Wildman–Crippen MR) is 66.3 cm³/mol. The van der Waals surface area contributed by atoms with Crippen molar-refractivity contribution >= 4 is 17.7 Å². The normalized spacial score (nSPS) is 16.7. The van der Waals surface area contributed by atoms with E-state index >= 15 is 0 Å². The van der Waals surface area contributed by atoms with E-state index in [0.29, 0.717) is 12.3 Å². The minimum Gasteiger partial charge on any atom is -0.340 e. The maximum absolute atomic E-state index is 11.7. The molecule has 1 aliphatic rings. The minimum absolute atomic E-state index is 0.334. The van der Waals surface area contributed by atoms with Gasteiger partial charge in [-0.1, -0.05) is 13.3 Å². The number of rotatable bonds is 6. The average Bonchev–Trinajstić information content (AvgIpc) is 2.30. The molecule has 0 unspecified atom stereocenters. The first-order valence-corrected chi connectivity index (χ1v) is 7.06. The second-order valence-corrected chi connectivity index (χ2v) is 5.07. The van der Waals surface area contributed by atoms with Gasteiger partial charge < -0.3 is 10.2 Å². The molecule has 4 heteroatoms. The van der Waals surface area contributed by atoms with E-state index in [9.17, 15) is 4.79 Å². The molecule has 1 amide bonds. The fourth-order valence-electron chi connectivity index (χ4n) is 1.58. The number of piperazine rings is 1. The number of hydrogen-bond donors (Lipinski definition) is 1. The summed E-state index contributed by atoms with van der Waals surface area (Å²) < 4.78 is 0. The molecule has 0 atom stereocenters. The fraction of sp³-hybridized carbons (Fsp3) is 0.909. The summed E-state index contributed by atoms with van der Waals surface area (Å²) in [6.07, 6.45) is 3.24. The number of hydrogen-bond acceptors (Lipinski definition) is 3. The molecule has 1 fully saturated rings. The van der Waals surface area contributed by atoms with Crippen molar-refractivity contribution in [2.24, 2.45) is 0 Å². The highest BCUT2D eigenvalue weighted by Gasteiger charge is 2.14. The van der Waals surface area contributed by atoms with E-state index in [1.807, 2.05) is 16.7 Å². The molecule has 0 aliphatic carbocycles. The molecule has 1 saturated heterocycles. The van der Waals surface area contributed by atoms with Crippen LogP contribution < -0.4 is 5.32 Å². The Balaban J connectivity index is 2.02. The standard InChI is InChI=1S/C11H22N2OS/c1-2-3-9-15-10-4-11(14)13-7-5-12-6-8-13/h12H,2-10H2,1H3. The first-order valence-electron chi connectivity index (χ1n) is 5.91. The van der Waals surface area contributed by atoms with Crippen LogP contribution in [-0.4, -0.2) is 48.5 Å². The largest absolute Gasteiger partial charge is 0.340 e. The highest BCUT2D eigenvalue weighted by atomic mass is 32.2. The topological polar surface area (TPSA) is 32.3 Å². The molecule has 0 radical (unpaired) electrons. The summed E-state index contributed by atoms with van der Waals surface area (Å²) >= 11 is 1.91. The SMILES string of the molecule is CCCCSCCC(=O)N1CCNCC1. The van der Waals surface area contributed by atoms with Crippen molar-refractivity contribution in [1.82, 2.24) is 10.2 Å². The van der Waals surface area contributed by atoms with Gasteiger partial charge >= 0.3 is 0 Å². The van der Waals surface area contributed by atoms with Gasteiger partial charge in [0.2, 0.25) is 5.91 Å². The van der Waals surface area contributed by atoms with Crippen LogP contribution in [0.15, 0.2) is 0 Å².